The largest absolute Gasteiger partial charge is 0.491 e. The third-order valence-corrected chi connectivity index (χ3v) is 3.09. The molecule has 7 heteroatoms. The third-order valence-electron chi connectivity index (χ3n) is 3.09. The first kappa shape index (κ1) is 15.1. The molecule has 1 amide bonds. The Kier molecular flexibility index (Phi) is 4.97. The SMILES string of the molecule is O=C(O)C1c2ccccc2OCCN1C(=O)OCCCF. The van der Waals surface area contributed by atoms with Crippen LogP contribution in [0.15, 0.2) is 24.3 Å². The van der Waals surface area contributed by atoms with Crippen LogP contribution in [0.5, 0.6) is 5.75 Å². The average Bonchev–Trinajstić information content (AvgIpc) is 2.66. The van der Waals surface area contributed by atoms with Gasteiger partial charge in [-0.25, -0.2) is 9.59 Å². The summed E-state index contributed by atoms with van der Waals surface area (Å²) < 4.78 is 22.4. The lowest BCUT2D eigenvalue weighted by Crippen LogP contribution is -2.40. The minimum atomic E-state index is -1.18. The van der Waals surface area contributed by atoms with Crippen molar-refractivity contribution in [2.45, 2.75) is 12.5 Å². The third kappa shape index (κ3) is 3.42. The second-order valence-electron chi connectivity index (χ2n) is 4.48. The number of aliphatic carboxylic acids is 1. The lowest BCUT2D eigenvalue weighted by atomic mass is 10.1. The van der Waals surface area contributed by atoms with E-state index in [1.165, 1.54) is 0 Å². The van der Waals surface area contributed by atoms with Gasteiger partial charge in [-0.05, 0) is 6.07 Å². The van der Waals surface area contributed by atoms with Crippen molar-refractivity contribution in [1.82, 2.24) is 4.90 Å². The number of hydrogen-bond donors (Lipinski definition) is 1. The van der Waals surface area contributed by atoms with Crippen molar-refractivity contribution >= 4 is 12.1 Å². The van der Waals surface area contributed by atoms with E-state index in [9.17, 15) is 19.1 Å². The zero-order valence-corrected chi connectivity index (χ0v) is 11.3. The van der Waals surface area contributed by atoms with E-state index in [1.807, 2.05) is 0 Å². The van der Waals surface area contributed by atoms with Crippen LogP contribution in [0.2, 0.25) is 0 Å². The molecule has 0 aromatic heterocycles. The van der Waals surface area contributed by atoms with Crippen LogP contribution in [0.1, 0.15) is 18.0 Å². The van der Waals surface area contributed by atoms with E-state index in [-0.39, 0.29) is 26.2 Å². The van der Waals surface area contributed by atoms with Gasteiger partial charge in [-0.3, -0.25) is 9.29 Å². The Hall–Kier alpha value is -2.31. The first-order valence-corrected chi connectivity index (χ1v) is 6.59. The number of amides is 1. The molecule has 0 radical (unpaired) electrons. The maximum atomic E-state index is 12.0. The number of carbonyl (C=O) groups excluding carboxylic acids is 1. The Labute approximate surface area is 121 Å². The van der Waals surface area contributed by atoms with E-state index in [0.717, 1.165) is 4.90 Å². The van der Waals surface area contributed by atoms with Crippen molar-refractivity contribution in [2.75, 3.05) is 26.4 Å². The molecule has 0 bridgehead atoms. The Morgan fingerprint density at radius 2 is 2.19 bits per heavy atom. The van der Waals surface area contributed by atoms with Crippen LogP contribution in [0.25, 0.3) is 0 Å². The lowest BCUT2D eigenvalue weighted by Gasteiger charge is -2.25. The van der Waals surface area contributed by atoms with Gasteiger partial charge < -0.3 is 14.6 Å². The quantitative estimate of drug-likeness (QED) is 0.860. The van der Waals surface area contributed by atoms with Gasteiger partial charge in [0, 0.05) is 12.0 Å². The second-order valence-corrected chi connectivity index (χ2v) is 4.48. The maximum absolute atomic E-state index is 12.0. The molecular weight excluding hydrogens is 281 g/mol. The van der Waals surface area contributed by atoms with Crippen LogP contribution in [0.4, 0.5) is 9.18 Å². The van der Waals surface area contributed by atoms with E-state index in [0.29, 0.717) is 11.3 Å². The van der Waals surface area contributed by atoms with Crippen LogP contribution in [-0.4, -0.2) is 48.5 Å². The number of fused-ring (bicyclic) bond motifs is 1. The predicted octanol–water partition coefficient (Wildman–Crippen LogP) is 2.00. The van der Waals surface area contributed by atoms with Crippen LogP contribution < -0.4 is 4.74 Å². The zero-order valence-electron chi connectivity index (χ0n) is 11.3. The summed E-state index contributed by atoms with van der Waals surface area (Å²) in [6.07, 6.45) is -0.694. The Balaban J connectivity index is 2.24. The normalized spacial score (nSPS) is 17.4. The molecule has 6 nitrogen and oxygen atoms in total. The highest BCUT2D eigenvalue weighted by molar-refractivity contribution is 5.82. The van der Waals surface area contributed by atoms with Crippen molar-refractivity contribution in [1.29, 1.82) is 0 Å². The molecule has 1 aliphatic heterocycles. The number of rotatable bonds is 4. The number of halogens is 1. The highest BCUT2D eigenvalue weighted by Gasteiger charge is 2.36. The van der Waals surface area contributed by atoms with Crippen LogP contribution >= 0.6 is 0 Å². The molecule has 0 spiro atoms. The minimum Gasteiger partial charge on any atom is -0.491 e. The van der Waals surface area contributed by atoms with Gasteiger partial charge in [0.25, 0.3) is 0 Å². The summed E-state index contributed by atoms with van der Waals surface area (Å²) in [4.78, 5) is 24.7. The summed E-state index contributed by atoms with van der Waals surface area (Å²) in [5.74, 6) is -0.737. The van der Waals surface area contributed by atoms with Gasteiger partial charge in [-0.15, -0.1) is 0 Å². The molecule has 1 aromatic carbocycles. The van der Waals surface area contributed by atoms with Gasteiger partial charge in [-0.2, -0.15) is 0 Å². The van der Waals surface area contributed by atoms with Gasteiger partial charge in [0.2, 0.25) is 0 Å². The van der Waals surface area contributed by atoms with Crippen LogP contribution in [-0.2, 0) is 9.53 Å². The van der Waals surface area contributed by atoms with Crippen molar-refractivity contribution in [2.24, 2.45) is 0 Å². The van der Waals surface area contributed by atoms with Crippen molar-refractivity contribution in [3.8, 4) is 5.75 Å². The molecule has 1 aliphatic rings. The number of carbonyl (C=O) groups is 2. The van der Waals surface area contributed by atoms with Gasteiger partial charge in [-0.1, -0.05) is 18.2 Å². The number of hydrogen-bond acceptors (Lipinski definition) is 4. The first-order chi connectivity index (χ1) is 10.1. The molecule has 0 fully saturated rings. The summed E-state index contributed by atoms with van der Waals surface area (Å²) in [6, 6.07) is 5.48. The smallest absolute Gasteiger partial charge is 0.410 e. The molecular formula is C14H16FNO5. The molecule has 1 atom stereocenters. The molecule has 21 heavy (non-hydrogen) atoms. The van der Waals surface area contributed by atoms with Gasteiger partial charge in [0.05, 0.1) is 19.8 Å². The summed E-state index contributed by atoms with van der Waals surface area (Å²) in [5.41, 5.74) is 0.393. The fourth-order valence-electron chi connectivity index (χ4n) is 2.15. The van der Waals surface area contributed by atoms with E-state index in [2.05, 4.69) is 0 Å². The number of carboxylic acid groups (broad SMARTS) is 1. The highest BCUT2D eigenvalue weighted by Crippen LogP contribution is 2.32. The van der Waals surface area contributed by atoms with Gasteiger partial charge in [0.15, 0.2) is 6.04 Å². The second kappa shape index (κ2) is 6.92. The Morgan fingerprint density at radius 1 is 1.43 bits per heavy atom. The molecule has 1 N–H and O–H groups in total. The number of benzene rings is 1. The molecule has 0 saturated heterocycles. The van der Waals surface area contributed by atoms with Crippen molar-refractivity contribution < 1.29 is 28.6 Å². The molecule has 114 valence electrons. The summed E-state index contributed by atoms with van der Waals surface area (Å²) in [7, 11) is 0. The number of carboxylic acids is 1. The van der Waals surface area contributed by atoms with Crippen molar-refractivity contribution in [3.05, 3.63) is 29.8 Å². The first-order valence-electron chi connectivity index (χ1n) is 6.59. The zero-order chi connectivity index (χ0) is 15.2. The summed E-state index contributed by atoms with van der Waals surface area (Å²) in [6.45, 7) is -0.429. The van der Waals surface area contributed by atoms with E-state index >= 15 is 0 Å². The van der Waals surface area contributed by atoms with E-state index in [1.54, 1.807) is 24.3 Å². The highest BCUT2D eigenvalue weighted by atomic mass is 19.1. The molecule has 0 aliphatic carbocycles. The Bertz CT molecular complexity index is 522. The topological polar surface area (TPSA) is 76.1 Å². The number of alkyl halides is 1. The summed E-state index contributed by atoms with van der Waals surface area (Å²) >= 11 is 0. The summed E-state index contributed by atoms with van der Waals surface area (Å²) in [5, 5.41) is 9.44. The van der Waals surface area contributed by atoms with Crippen molar-refractivity contribution in [3.63, 3.8) is 0 Å². The van der Waals surface area contributed by atoms with Crippen LogP contribution in [0, 0.1) is 0 Å². The number of ether oxygens (including phenoxy) is 2. The fourth-order valence-corrected chi connectivity index (χ4v) is 2.15. The number of para-hydroxylation sites is 1. The van der Waals surface area contributed by atoms with Gasteiger partial charge in [0.1, 0.15) is 12.4 Å². The van der Waals surface area contributed by atoms with Crippen LogP contribution in [0.3, 0.4) is 0 Å². The molecule has 1 unspecified atom stereocenters. The average molecular weight is 297 g/mol. The Morgan fingerprint density at radius 3 is 2.90 bits per heavy atom. The van der Waals surface area contributed by atoms with Gasteiger partial charge >= 0.3 is 12.1 Å². The molecule has 1 aromatic rings. The molecule has 1 heterocycles. The van der Waals surface area contributed by atoms with E-state index in [4.69, 9.17) is 9.47 Å². The monoisotopic (exact) mass is 297 g/mol. The van der Waals surface area contributed by atoms with E-state index < -0.39 is 24.8 Å². The molecule has 0 saturated carbocycles. The standard InChI is InChI=1S/C14H16FNO5/c15-6-3-8-21-14(19)16-7-9-20-11-5-2-1-4-10(11)12(16)13(17)18/h1-2,4-5,12H,3,6-9H2,(H,17,18). The minimum absolute atomic E-state index is 0.0827. The number of nitrogens with zero attached hydrogens (tertiary/aromatic N) is 1. The lowest BCUT2D eigenvalue weighted by molar-refractivity contribution is -0.143. The fraction of sp³-hybridized carbons (Fsp3) is 0.429. The predicted molar refractivity (Wildman–Crippen MR) is 71.0 cm³/mol. The molecule has 2 rings (SSSR count). The maximum Gasteiger partial charge on any atom is 0.410 e.